The number of ether oxygens (including phenoxy) is 1. The minimum Gasteiger partial charge on any atom is -0.466 e. The Labute approximate surface area is 190 Å². The van der Waals surface area contributed by atoms with Crippen molar-refractivity contribution in [2.24, 2.45) is 28.6 Å². The highest BCUT2D eigenvalue weighted by Gasteiger charge is 2.74. The van der Waals surface area contributed by atoms with Gasteiger partial charge in [0.2, 0.25) is 5.91 Å². The highest BCUT2D eigenvalue weighted by Crippen LogP contribution is 2.82. The Morgan fingerprint density at radius 3 is 2.78 bits per heavy atom. The number of esters is 1. The van der Waals surface area contributed by atoms with Crippen molar-refractivity contribution >= 4 is 23.3 Å². The average molecular weight is 438 g/mol. The second kappa shape index (κ2) is 7.89. The van der Waals surface area contributed by atoms with Crippen molar-refractivity contribution in [3.05, 3.63) is 30.1 Å². The Kier molecular flexibility index (Phi) is 5.30. The number of rotatable bonds is 6. The maximum Gasteiger partial charge on any atom is 0.311 e. The second-order valence-corrected chi connectivity index (χ2v) is 10.2. The van der Waals surface area contributed by atoms with Gasteiger partial charge in [0.15, 0.2) is 0 Å². The fraction of sp³-hybridized carbons (Fsp3) is 0.654. The first-order valence-electron chi connectivity index (χ1n) is 12.4. The lowest BCUT2D eigenvalue weighted by atomic mass is 9.45. The van der Waals surface area contributed by atoms with Gasteiger partial charge in [0.05, 0.1) is 18.7 Å². The fourth-order valence-electron chi connectivity index (χ4n) is 8.00. The first-order valence-corrected chi connectivity index (χ1v) is 12.4. The fourth-order valence-corrected chi connectivity index (χ4v) is 8.00. The van der Waals surface area contributed by atoms with Crippen LogP contribution in [0.5, 0.6) is 0 Å². The van der Waals surface area contributed by atoms with Crippen molar-refractivity contribution in [3.8, 4) is 0 Å². The van der Waals surface area contributed by atoms with E-state index in [4.69, 9.17) is 4.74 Å². The molecule has 4 saturated carbocycles. The molecular formula is C26H35N3O3. The van der Waals surface area contributed by atoms with Gasteiger partial charge in [0.25, 0.3) is 0 Å². The molecule has 2 aromatic rings. The number of imidazole rings is 1. The van der Waals surface area contributed by atoms with E-state index in [1.165, 1.54) is 38.5 Å². The molecular weight excluding hydrogens is 402 g/mol. The molecule has 32 heavy (non-hydrogen) atoms. The van der Waals surface area contributed by atoms with Gasteiger partial charge >= 0.3 is 5.97 Å². The van der Waals surface area contributed by atoms with Gasteiger partial charge in [-0.05, 0) is 86.2 Å². The summed E-state index contributed by atoms with van der Waals surface area (Å²) in [4.78, 5) is 29.5. The summed E-state index contributed by atoms with van der Waals surface area (Å²) in [5, 5.41) is 3.16. The molecule has 1 amide bonds. The predicted octanol–water partition coefficient (Wildman–Crippen LogP) is 5.01. The number of carbonyl (C=O) groups is 2. The zero-order valence-corrected chi connectivity index (χ0v) is 19.5. The molecule has 6 rings (SSSR count). The summed E-state index contributed by atoms with van der Waals surface area (Å²) < 4.78 is 6.89. The van der Waals surface area contributed by atoms with Crippen molar-refractivity contribution < 1.29 is 14.3 Å². The van der Waals surface area contributed by atoms with Crippen LogP contribution in [0.3, 0.4) is 0 Å². The molecule has 0 aromatic carbocycles. The zero-order valence-electron chi connectivity index (χ0n) is 19.5. The summed E-state index contributed by atoms with van der Waals surface area (Å²) >= 11 is 0. The Balaban J connectivity index is 0.00000105. The van der Waals surface area contributed by atoms with E-state index in [-0.39, 0.29) is 23.7 Å². The van der Waals surface area contributed by atoms with E-state index in [0.717, 1.165) is 29.2 Å². The van der Waals surface area contributed by atoms with Crippen LogP contribution in [-0.2, 0) is 20.7 Å². The standard InChI is InChI=1S/C24H29N3O3.C2H6/c1-2-30-22(29)8-18-14-27-19(25-18)4-3-5-20(27)26-21(28)13-23-9-16-6-15-7-17(12-23)24(23,10-15)11-16;1-2/h3-5,14-17H,2,6-13H2,1H3,(H,26,28);1-2H3. The molecule has 2 aromatic heterocycles. The Hall–Kier alpha value is -2.37. The van der Waals surface area contributed by atoms with E-state index in [9.17, 15) is 9.59 Å². The molecule has 4 aliphatic rings. The molecule has 1 N–H and O–H groups in total. The van der Waals surface area contributed by atoms with E-state index in [2.05, 4.69) is 10.3 Å². The third-order valence-corrected chi connectivity index (χ3v) is 8.68. The van der Waals surface area contributed by atoms with E-state index in [0.29, 0.717) is 24.1 Å². The number of amides is 1. The number of carbonyl (C=O) groups excluding carboxylic acids is 2. The quantitative estimate of drug-likeness (QED) is 0.645. The van der Waals surface area contributed by atoms with Crippen LogP contribution in [-0.4, -0.2) is 27.9 Å². The SMILES string of the molecule is CC.CCOC(=O)Cc1cn2c(NC(=O)CC34CC5CC6CC(C3)C4(C6)C5)cccc2n1. The van der Waals surface area contributed by atoms with Gasteiger partial charge in [0, 0.05) is 12.6 Å². The molecule has 5 atom stereocenters. The summed E-state index contributed by atoms with van der Waals surface area (Å²) in [5.74, 6) is 3.21. The van der Waals surface area contributed by atoms with Crippen molar-refractivity contribution in [3.63, 3.8) is 0 Å². The van der Waals surface area contributed by atoms with Crippen molar-refractivity contribution in [2.75, 3.05) is 11.9 Å². The molecule has 0 saturated heterocycles. The van der Waals surface area contributed by atoms with E-state index >= 15 is 0 Å². The van der Waals surface area contributed by atoms with Crippen molar-refractivity contribution in [1.82, 2.24) is 9.38 Å². The molecule has 0 radical (unpaired) electrons. The van der Waals surface area contributed by atoms with Gasteiger partial charge in [-0.1, -0.05) is 19.9 Å². The summed E-state index contributed by atoms with van der Waals surface area (Å²) in [6.45, 7) is 6.15. The van der Waals surface area contributed by atoms with Crippen molar-refractivity contribution in [1.29, 1.82) is 0 Å². The molecule has 4 aliphatic carbocycles. The monoisotopic (exact) mass is 437 g/mol. The van der Waals surface area contributed by atoms with Gasteiger partial charge in [-0.15, -0.1) is 0 Å². The molecule has 1 spiro atoms. The maximum atomic E-state index is 13.2. The average Bonchev–Trinajstić information content (AvgIpc) is 3.31. The van der Waals surface area contributed by atoms with Gasteiger partial charge in [-0.3, -0.25) is 14.0 Å². The highest BCUT2D eigenvalue weighted by molar-refractivity contribution is 5.91. The van der Waals surface area contributed by atoms with Gasteiger partial charge in [0.1, 0.15) is 11.5 Å². The van der Waals surface area contributed by atoms with Crippen LogP contribution in [0.25, 0.3) is 5.65 Å². The Morgan fingerprint density at radius 1 is 1.16 bits per heavy atom. The lowest BCUT2D eigenvalue weighted by Gasteiger charge is -2.59. The molecule has 2 heterocycles. The molecule has 5 unspecified atom stereocenters. The molecule has 3 bridgehead atoms. The van der Waals surface area contributed by atoms with Crippen LogP contribution in [0.1, 0.15) is 71.4 Å². The second-order valence-electron chi connectivity index (χ2n) is 10.2. The molecule has 172 valence electrons. The third kappa shape index (κ3) is 3.17. The summed E-state index contributed by atoms with van der Waals surface area (Å²) in [5.41, 5.74) is 2.10. The van der Waals surface area contributed by atoms with Crippen LogP contribution < -0.4 is 5.32 Å². The number of hydrogen-bond acceptors (Lipinski definition) is 4. The first-order chi connectivity index (χ1) is 15.5. The minimum absolute atomic E-state index is 0.118. The number of anilines is 1. The summed E-state index contributed by atoms with van der Waals surface area (Å²) in [6.07, 6.45) is 10.7. The normalized spacial score (nSPS) is 33.3. The third-order valence-electron chi connectivity index (χ3n) is 8.68. The van der Waals surface area contributed by atoms with Crippen LogP contribution in [0.2, 0.25) is 0 Å². The molecule has 6 nitrogen and oxygen atoms in total. The molecule has 4 fully saturated rings. The summed E-state index contributed by atoms with van der Waals surface area (Å²) in [7, 11) is 0. The number of nitrogens with zero attached hydrogens (tertiary/aromatic N) is 2. The largest absolute Gasteiger partial charge is 0.466 e. The number of nitrogens with one attached hydrogen (secondary N) is 1. The lowest BCUT2D eigenvalue weighted by Crippen LogP contribution is -2.53. The summed E-state index contributed by atoms with van der Waals surface area (Å²) in [6, 6.07) is 5.68. The minimum atomic E-state index is -0.286. The van der Waals surface area contributed by atoms with E-state index in [1.807, 2.05) is 42.6 Å². The molecule has 6 heteroatoms. The van der Waals surface area contributed by atoms with Crippen molar-refractivity contribution in [2.45, 2.75) is 72.1 Å². The van der Waals surface area contributed by atoms with E-state index < -0.39 is 0 Å². The predicted molar refractivity (Wildman–Crippen MR) is 123 cm³/mol. The van der Waals surface area contributed by atoms with Crippen LogP contribution in [0, 0.1) is 28.6 Å². The van der Waals surface area contributed by atoms with Gasteiger partial charge in [-0.2, -0.15) is 0 Å². The van der Waals surface area contributed by atoms with Crippen LogP contribution in [0.15, 0.2) is 24.4 Å². The smallest absolute Gasteiger partial charge is 0.311 e. The van der Waals surface area contributed by atoms with Gasteiger partial charge < -0.3 is 10.1 Å². The van der Waals surface area contributed by atoms with Gasteiger partial charge in [-0.25, -0.2) is 4.98 Å². The Morgan fingerprint density at radius 2 is 1.97 bits per heavy atom. The van der Waals surface area contributed by atoms with Crippen LogP contribution >= 0.6 is 0 Å². The zero-order chi connectivity index (χ0) is 22.5. The number of aromatic nitrogens is 2. The van der Waals surface area contributed by atoms with E-state index in [1.54, 1.807) is 6.92 Å². The number of fused-ring (bicyclic) bond motifs is 3. The highest BCUT2D eigenvalue weighted by atomic mass is 16.5. The first kappa shape index (κ1) is 21.5. The Bertz CT molecular complexity index is 1040. The number of hydrogen-bond donors (Lipinski definition) is 1. The maximum absolute atomic E-state index is 13.2. The topological polar surface area (TPSA) is 72.7 Å². The number of pyridine rings is 1. The lowest BCUT2D eigenvalue weighted by molar-refractivity contribution is -0.142. The molecule has 0 aliphatic heterocycles. The van der Waals surface area contributed by atoms with Crippen LogP contribution in [0.4, 0.5) is 5.82 Å².